The molecule has 8 nitrogen and oxygen atoms in total. The Bertz CT molecular complexity index is 2730. The highest BCUT2D eigenvalue weighted by molar-refractivity contribution is 6.16. The van der Waals surface area contributed by atoms with E-state index in [2.05, 4.69) is 180 Å². The number of aromatic nitrogens is 7. The highest BCUT2D eigenvalue weighted by Gasteiger charge is 2.25. The molecule has 0 saturated heterocycles. The molecule has 2 aliphatic rings. The number of H-pyrrole nitrogens is 2. The van der Waals surface area contributed by atoms with E-state index in [9.17, 15) is 0 Å². The monoisotopic (exact) mass is 735 g/mol. The minimum Gasteiger partial charge on any atom is -0.354 e. The summed E-state index contributed by atoms with van der Waals surface area (Å²) in [4.78, 5) is 23.7. The van der Waals surface area contributed by atoms with Gasteiger partial charge in [0.15, 0.2) is 18.6 Å². The Kier molecular flexibility index (Phi) is 10.3. The predicted octanol–water partition coefficient (Wildman–Crippen LogP) is 9.13. The maximum absolute atomic E-state index is 5.50. The molecular weight excluding hydrogens is 689 g/mol. The summed E-state index contributed by atoms with van der Waals surface area (Å²) in [7, 11) is 0. The third-order valence-electron chi connectivity index (χ3n) is 10.3. The highest BCUT2D eigenvalue weighted by Crippen LogP contribution is 2.35. The van der Waals surface area contributed by atoms with Crippen molar-refractivity contribution in [1.82, 2.24) is 19.9 Å². The number of allylic oxidation sites excluding steroid dienone is 3. The van der Waals surface area contributed by atoms with Gasteiger partial charge >= 0.3 is 0 Å². The molecule has 56 heavy (non-hydrogen) atoms. The first-order valence-electron chi connectivity index (χ1n) is 19.5. The maximum atomic E-state index is 5.50. The molecule has 0 aromatic carbocycles. The van der Waals surface area contributed by atoms with Crippen LogP contribution in [0.25, 0.3) is 80.1 Å². The van der Waals surface area contributed by atoms with E-state index in [1.54, 1.807) is 6.08 Å². The molecule has 0 atom stereocenters. The number of fused-ring (bicyclic) bond motifs is 8. The molecular formula is C48H47N8+3. The lowest BCUT2D eigenvalue weighted by molar-refractivity contribution is -0.682. The molecule has 2 aliphatic heterocycles. The average molecular weight is 736 g/mol. The average Bonchev–Trinajstić information content (AvgIpc) is 4.08. The van der Waals surface area contributed by atoms with Gasteiger partial charge in [0.05, 0.1) is 67.2 Å². The second kappa shape index (κ2) is 15.9. The van der Waals surface area contributed by atoms with Gasteiger partial charge in [-0.25, -0.2) is 9.97 Å². The summed E-state index contributed by atoms with van der Waals surface area (Å²) in [5.74, 6) is 0. The molecule has 8 bridgehead atoms. The number of aryl methyl sites for hydroxylation is 3. The van der Waals surface area contributed by atoms with E-state index >= 15 is 0 Å². The fourth-order valence-electron chi connectivity index (χ4n) is 7.77. The van der Waals surface area contributed by atoms with Crippen molar-refractivity contribution in [2.24, 2.45) is 4.99 Å². The van der Waals surface area contributed by atoms with Crippen molar-refractivity contribution < 1.29 is 13.7 Å². The van der Waals surface area contributed by atoms with Crippen molar-refractivity contribution in [3.05, 3.63) is 151 Å². The largest absolute Gasteiger partial charge is 0.354 e. The van der Waals surface area contributed by atoms with Crippen molar-refractivity contribution in [1.29, 1.82) is 0 Å². The van der Waals surface area contributed by atoms with E-state index in [0.717, 1.165) is 110 Å². The summed E-state index contributed by atoms with van der Waals surface area (Å²) < 4.78 is 6.81. The molecule has 0 aliphatic carbocycles. The quantitative estimate of drug-likeness (QED) is 0.0835. The third kappa shape index (κ3) is 6.64. The molecule has 0 amide bonds. The molecule has 276 valence electrons. The lowest BCUT2D eigenvalue weighted by Crippen LogP contribution is -2.34. The van der Waals surface area contributed by atoms with Gasteiger partial charge < -0.3 is 9.97 Å². The van der Waals surface area contributed by atoms with Gasteiger partial charge in [-0.1, -0.05) is 18.7 Å². The summed E-state index contributed by atoms with van der Waals surface area (Å²) in [5, 5.41) is 0. The van der Waals surface area contributed by atoms with Crippen LogP contribution in [0, 0.1) is 0 Å². The summed E-state index contributed by atoms with van der Waals surface area (Å²) >= 11 is 0. The Balaban J connectivity index is 1.61. The lowest BCUT2D eigenvalue weighted by atomic mass is 10.1. The van der Waals surface area contributed by atoms with Crippen LogP contribution in [0.2, 0.25) is 0 Å². The first kappa shape index (κ1) is 36.2. The van der Waals surface area contributed by atoms with Gasteiger partial charge in [-0.05, 0) is 101 Å². The molecule has 0 spiro atoms. The van der Waals surface area contributed by atoms with Crippen LogP contribution >= 0.6 is 0 Å². The summed E-state index contributed by atoms with van der Waals surface area (Å²) in [6, 6.07) is 27.7. The van der Waals surface area contributed by atoms with Crippen LogP contribution in [0.4, 0.5) is 0 Å². The minimum absolute atomic E-state index is 0.612. The van der Waals surface area contributed by atoms with Crippen LogP contribution in [0.5, 0.6) is 0 Å². The first-order valence-corrected chi connectivity index (χ1v) is 19.5. The number of aliphatic imine (C=N–C) groups is 1. The van der Waals surface area contributed by atoms with Crippen molar-refractivity contribution in [2.45, 2.75) is 47.3 Å². The number of hydrogen-bond acceptors (Lipinski definition) is 3. The van der Waals surface area contributed by atoms with Crippen LogP contribution < -0.4 is 13.7 Å². The number of nitrogens with one attached hydrogen (secondary N) is 2. The van der Waals surface area contributed by atoms with Gasteiger partial charge in [-0.2, -0.15) is 13.7 Å². The first-order chi connectivity index (χ1) is 27.6. The van der Waals surface area contributed by atoms with E-state index in [1.165, 1.54) is 0 Å². The SMILES string of the molecule is C=C/C=C\C(=NCC)c1c2nc(c(-c3cccc[n+]3CC)c3ccc([nH]3)c(-c3cccc[n+]3CC)c3nc(c(-c4cccc[n+]4CC)c4ccc1[nH]4)C=C3)C=C2. The number of hydrogen-bond donors (Lipinski definition) is 2. The Morgan fingerprint density at radius 1 is 0.571 bits per heavy atom. The van der Waals surface area contributed by atoms with Crippen LogP contribution in [0.1, 0.15) is 56.0 Å². The van der Waals surface area contributed by atoms with Crippen LogP contribution in [-0.4, -0.2) is 32.2 Å². The van der Waals surface area contributed by atoms with Gasteiger partial charge in [0, 0.05) is 48.5 Å². The number of rotatable bonds is 10. The van der Waals surface area contributed by atoms with Gasteiger partial charge in [0.1, 0.15) is 19.6 Å². The molecule has 6 aromatic rings. The Labute approximate surface area is 328 Å². The molecule has 8 rings (SSSR count). The fraction of sp³-hybridized carbons (Fsp3) is 0.167. The van der Waals surface area contributed by atoms with Crippen molar-refractivity contribution in [3.63, 3.8) is 0 Å². The van der Waals surface area contributed by atoms with Gasteiger partial charge in [-0.15, -0.1) is 0 Å². The molecule has 0 saturated carbocycles. The van der Waals surface area contributed by atoms with E-state index < -0.39 is 0 Å². The van der Waals surface area contributed by atoms with Gasteiger partial charge in [-0.3, -0.25) is 4.99 Å². The molecule has 0 fully saturated rings. The predicted molar refractivity (Wildman–Crippen MR) is 229 cm³/mol. The van der Waals surface area contributed by atoms with Crippen molar-refractivity contribution in [3.8, 4) is 33.8 Å². The second-order valence-corrected chi connectivity index (χ2v) is 13.6. The summed E-state index contributed by atoms with van der Waals surface area (Å²) in [6.45, 7) is 15.6. The molecule has 6 aromatic heterocycles. The molecule has 2 N–H and O–H groups in total. The fourth-order valence-corrected chi connectivity index (χ4v) is 7.77. The van der Waals surface area contributed by atoms with Gasteiger partial charge in [0.25, 0.3) is 0 Å². The molecule has 0 radical (unpaired) electrons. The third-order valence-corrected chi connectivity index (χ3v) is 10.3. The van der Waals surface area contributed by atoms with Crippen LogP contribution in [0.15, 0.2) is 127 Å². The van der Waals surface area contributed by atoms with Crippen molar-refractivity contribution in [2.75, 3.05) is 6.54 Å². The number of nitrogens with zero attached hydrogens (tertiary/aromatic N) is 6. The number of aromatic amines is 2. The highest BCUT2D eigenvalue weighted by atomic mass is 15.0. The Hall–Kier alpha value is -6.80. The standard InChI is InChI=1S/C48H46N8/c1-6-11-18-33(49-7-2)45-34-22-24-36(50-34)46(42-19-12-15-30-54(42)8-3)38-26-28-40(52-38)48(44-21-14-17-32-56(44)10-5)41-29-27-39(53-41)47(37-25-23-35(45)51-37)43-20-13-16-31-55(43)9-4/h6,11-32H,1,7-10H2,2-5H3,(H,50,51,52,53)/q+2/p+1/b18-11-,45-34?,45-35?,46-36?,46-38?,47-37?,47-39?,48-40?,48-41?,49-33?. The molecule has 8 heterocycles. The van der Waals surface area contributed by atoms with E-state index in [-0.39, 0.29) is 0 Å². The lowest BCUT2D eigenvalue weighted by Gasteiger charge is -2.06. The van der Waals surface area contributed by atoms with Gasteiger partial charge in [0.2, 0.25) is 17.1 Å². The smallest absolute Gasteiger partial charge is 0.216 e. The Morgan fingerprint density at radius 3 is 1.41 bits per heavy atom. The summed E-state index contributed by atoms with van der Waals surface area (Å²) in [6.07, 6.45) is 20.7. The zero-order chi connectivity index (χ0) is 38.6. The zero-order valence-corrected chi connectivity index (χ0v) is 32.5. The van der Waals surface area contributed by atoms with E-state index in [4.69, 9.17) is 15.0 Å². The summed E-state index contributed by atoms with van der Waals surface area (Å²) in [5.41, 5.74) is 15.2. The van der Waals surface area contributed by atoms with Crippen molar-refractivity contribution >= 4 is 52.1 Å². The Morgan fingerprint density at radius 2 is 0.982 bits per heavy atom. The van der Waals surface area contributed by atoms with Crippen LogP contribution in [-0.2, 0) is 19.6 Å². The molecule has 8 heteroatoms. The zero-order valence-electron chi connectivity index (χ0n) is 32.5. The maximum Gasteiger partial charge on any atom is 0.216 e. The number of pyridine rings is 3. The van der Waals surface area contributed by atoms with E-state index in [0.29, 0.717) is 6.54 Å². The molecule has 0 unspecified atom stereocenters. The van der Waals surface area contributed by atoms with E-state index in [1.807, 2.05) is 12.2 Å². The van der Waals surface area contributed by atoms with Crippen LogP contribution in [0.3, 0.4) is 0 Å². The normalized spacial score (nSPS) is 12.5. The minimum atomic E-state index is 0.612. The topological polar surface area (TPSA) is 81.4 Å². The second-order valence-electron chi connectivity index (χ2n) is 13.6.